The van der Waals surface area contributed by atoms with Crippen molar-refractivity contribution in [2.75, 3.05) is 0 Å². The Bertz CT molecular complexity index is 2590. The van der Waals surface area contributed by atoms with E-state index in [1.54, 1.807) is 0 Å². The molecule has 2 aliphatic rings. The van der Waals surface area contributed by atoms with Gasteiger partial charge in [0.05, 0.1) is 0 Å². The zero-order valence-corrected chi connectivity index (χ0v) is 32.9. The maximum atomic E-state index is 5.47. The average molecular weight is 726 g/mol. The Balaban J connectivity index is 1.22. The minimum atomic E-state index is -2.10. The first-order chi connectivity index (χ1) is 26.3. The molecule has 258 valence electrons. The van der Waals surface area contributed by atoms with E-state index in [1.165, 1.54) is 65.3 Å². The van der Waals surface area contributed by atoms with E-state index in [4.69, 9.17) is 15.0 Å². The van der Waals surface area contributed by atoms with E-state index >= 15 is 0 Å². The van der Waals surface area contributed by atoms with Gasteiger partial charge < -0.3 is 0 Å². The minimum Gasteiger partial charge on any atom is -0.208 e. The van der Waals surface area contributed by atoms with Crippen molar-refractivity contribution in [1.82, 2.24) is 15.0 Å². The summed E-state index contributed by atoms with van der Waals surface area (Å²) in [6.45, 7) is 9.95. The smallest absolute Gasteiger partial charge is 0.164 e. The second kappa shape index (κ2) is 12.3. The molecule has 0 saturated heterocycles. The molecular formula is C49H39N3Si2. The van der Waals surface area contributed by atoms with E-state index in [9.17, 15) is 0 Å². The van der Waals surface area contributed by atoms with Gasteiger partial charge in [-0.3, -0.25) is 0 Å². The number of aromatic nitrogens is 3. The van der Waals surface area contributed by atoms with E-state index in [-0.39, 0.29) is 0 Å². The third-order valence-corrected chi connectivity index (χ3v) is 18.8. The molecule has 0 atom stereocenters. The van der Waals surface area contributed by atoms with Crippen LogP contribution < -0.4 is 20.7 Å². The first-order valence-corrected chi connectivity index (χ1v) is 24.8. The molecule has 0 radical (unpaired) electrons. The molecule has 8 aromatic rings. The topological polar surface area (TPSA) is 38.7 Å². The van der Waals surface area contributed by atoms with E-state index in [1.807, 2.05) is 6.07 Å². The largest absolute Gasteiger partial charge is 0.208 e. The molecule has 0 saturated carbocycles. The van der Waals surface area contributed by atoms with E-state index in [0.717, 1.165) is 16.7 Å². The summed E-state index contributed by atoms with van der Waals surface area (Å²) < 4.78 is 0. The molecule has 0 spiro atoms. The first-order valence-electron chi connectivity index (χ1n) is 18.8. The maximum absolute atomic E-state index is 5.47. The molecule has 5 heteroatoms. The summed E-state index contributed by atoms with van der Waals surface area (Å²) in [6.07, 6.45) is 0. The van der Waals surface area contributed by atoms with Crippen molar-refractivity contribution in [3.05, 3.63) is 164 Å². The number of benzene rings is 7. The van der Waals surface area contributed by atoms with E-state index in [0.29, 0.717) is 17.5 Å². The fourth-order valence-corrected chi connectivity index (χ4v) is 16.2. The van der Waals surface area contributed by atoms with Crippen molar-refractivity contribution >= 4 is 36.9 Å². The van der Waals surface area contributed by atoms with Crippen LogP contribution in [0.15, 0.2) is 164 Å². The maximum Gasteiger partial charge on any atom is 0.164 e. The fourth-order valence-electron chi connectivity index (χ4n) is 9.29. The summed E-state index contributed by atoms with van der Waals surface area (Å²) in [5.74, 6) is 2.11. The second-order valence-corrected chi connectivity index (χ2v) is 24.1. The minimum absolute atomic E-state index is 0.686. The van der Waals surface area contributed by atoms with Gasteiger partial charge >= 0.3 is 0 Å². The highest BCUT2D eigenvalue weighted by Crippen LogP contribution is 2.41. The Labute approximate surface area is 319 Å². The number of nitrogens with zero attached hydrogens (tertiary/aromatic N) is 3. The number of fused-ring (bicyclic) bond motifs is 6. The van der Waals surface area contributed by atoms with Crippen LogP contribution in [-0.4, -0.2) is 31.1 Å². The van der Waals surface area contributed by atoms with Crippen LogP contribution in [0, 0.1) is 0 Å². The highest BCUT2D eigenvalue weighted by molar-refractivity contribution is 7.05. The van der Waals surface area contributed by atoms with Gasteiger partial charge in [0.25, 0.3) is 0 Å². The lowest BCUT2D eigenvalue weighted by atomic mass is 9.95. The summed E-state index contributed by atoms with van der Waals surface area (Å²) >= 11 is 0. The average Bonchev–Trinajstić information content (AvgIpc) is 3.61. The van der Waals surface area contributed by atoms with Gasteiger partial charge in [-0.25, -0.2) is 15.0 Å². The monoisotopic (exact) mass is 725 g/mol. The van der Waals surface area contributed by atoms with E-state index in [2.05, 4.69) is 184 Å². The third kappa shape index (κ3) is 4.89. The molecule has 2 aliphatic heterocycles. The van der Waals surface area contributed by atoms with Crippen molar-refractivity contribution in [2.45, 2.75) is 26.2 Å². The van der Waals surface area contributed by atoms with Crippen LogP contribution in [0.25, 0.3) is 78.7 Å². The molecule has 1 aromatic heterocycles. The van der Waals surface area contributed by atoms with E-state index < -0.39 is 16.1 Å². The van der Waals surface area contributed by atoms with Crippen LogP contribution in [0.2, 0.25) is 26.2 Å². The Morgan fingerprint density at radius 1 is 0.296 bits per heavy atom. The lowest BCUT2D eigenvalue weighted by molar-refractivity contribution is 1.08. The highest BCUT2D eigenvalue weighted by atomic mass is 28.3. The molecule has 0 bridgehead atoms. The van der Waals surface area contributed by atoms with Gasteiger partial charge in [0.1, 0.15) is 16.1 Å². The third-order valence-electron chi connectivity index (χ3n) is 11.7. The van der Waals surface area contributed by atoms with Gasteiger partial charge in [-0.1, -0.05) is 190 Å². The number of hydrogen-bond acceptors (Lipinski definition) is 3. The standard InChI is InChI=1S/C49H39N3Si2/c1-53(2)41-30-16-28-39(43(41)37-26-14-24-35(45(37)53)32-18-8-5-9-19-32)48-50-47(34-22-12-7-13-23-34)51-49(52-48)40-29-17-31-42-44(40)38-27-15-25-36(46(38)54(42,3)4)33-20-10-6-11-21-33/h5-31H,1-4H3. The SMILES string of the molecule is C[Si]1(C)c2cccc(-c3nc(-c4ccccc4)nc(-c4cccc5c4-c4cccc(-c6ccccc6)c4[Si]5(C)C)n3)c2-c2cccc(-c3ccccc3)c21. The Morgan fingerprint density at radius 3 is 1.06 bits per heavy atom. The van der Waals surface area contributed by atoms with Crippen LogP contribution in [0.3, 0.4) is 0 Å². The van der Waals surface area contributed by atoms with Crippen molar-refractivity contribution in [1.29, 1.82) is 0 Å². The van der Waals surface area contributed by atoms with Crippen LogP contribution in [0.4, 0.5) is 0 Å². The Kier molecular flexibility index (Phi) is 7.41. The molecule has 0 unspecified atom stereocenters. The zero-order chi connectivity index (χ0) is 36.6. The molecule has 3 heterocycles. The van der Waals surface area contributed by atoms with Crippen LogP contribution in [0.5, 0.6) is 0 Å². The van der Waals surface area contributed by atoms with Gasteiger partial charge in [-0.05, 0) is 65.3 Å². The highest BCUT2D eigenvalue weighted by Gasteiger charge is 2.42. The summed E-state index contributed by atoms with van der Waals surface area (Å²) in [5, 5.41) is 5.82. The van der Waals surface area contributed by atoms with Gasteiger partial charge in [0.15, 0.2) is 17.5 Å². The van der Waals surface area contributed by atoms with Crippen LogP contribution >= 0.6 is 0 Å². The van der Waals surface area contributed by atoms with Gasteiger partial charge in [0, 0.05) is 16.7 Å². The summed E-state index contributed by atoms with van der Waals surface area (Å²) in [6, 6.07) is 59.2. The fraction of sp³-hybridized carbons (Fsp3) is 0.0816. The molecule has 0 amide bonds. The normalized spacial score (nSPS) is 14.2. The van der Waals surface area contributed by atoms with Crippen LogP contribution in [0.1, 0.15) is 0 Å². The summed E-state index contributed by atoms with van der Waals surface area (Å²) in [5.41, 5.74) is 13.4. The molecule has 3 nitrogen and oxygen atoms in total. The first kappa shape index (κ1) is 32.6. The summed E-state index contributed by atoms with van der Waals surface area (Å²) in [4.78, 5) is 16.1. The molecule has 0 N–H and O–H groups in total. The van der Waals surface area contributed by atoms with Gasteiger partial charge in [-0.2, -0.15) is 0 Å². The Morgan fingerprint density at radius 2 is 0.630 bits per heavy atom. The van der Waals surface area contributed by atoms with Crippen LogP contribution in [-0.2, 0) is 0 Å². The number of hydrogen-bond donors (Lipinski definition) is 0. The quantitative estimate of drug-likeness (QED) is 0.166. The van der Waals surface area contributed by atoms with Crippen molar-refractivity contribution < 1.29 is 0 Å². The van der Waals surface area contributed by atoms with Crippen molar-refractivity contribution in [2.24, 2.45) is 0 Å². The molecule has 0 fully saturated rings. The van der Waals surface area contributed by atoms with Crippen molar-refractivity contribution in [3.8, 4) is 78.7 Å². The molecular weight excluding hydrogens is 687 g/mol. The molecule has 0 aliphatic carbocycles. The predicted octanol–water partition coefficient (Wildman–Crippen LogP) is 9.81. The molecule has 10 rings (SSSR count). The Hall–Kier alpha value is -6.02. The zero-order valence-electron chi connectivity index (χ0n) is 30.9. The van der Waals surface area contributed by atoms with Crippen molar-refractivity contribution in [3.63, 3.8) is 0 Å². The van der Waals surface area contributed by atoms with Gasteiger partial charge in [0.2, 0.25) is 0 Å². The second-order valence-electron chi connectivity index (χ2n) is 15.6. The van der Waals surface area contributed by atoms with Gasteiger partial charge in [-0.15, -0.1) is 0 Å². The molecule has 54 heavy (non-hydrogen) atoms. The molecule has 7 aromatic carbocycles. The predicted molar refractivity (Wildman–Crippen MR) is 231 cm³/mol. The lowest BCUT2D eigenvalue weighted by Gasteiger charge is -2.22. The summed E-state index contributed by atoms with van der Waals surface area (Å²) in [7, 11) is -4.20. The lowest BCUT2D eigenvalue weighted by Crippen LogP contribution is -2.50. The number of rotatable bonds is 5.